The van der Waals surface area contributed by atoms with Gasteiger partial charge < -0.3 is 10.4 Å². The molecule has 0 radical (unpaired) electrons. The second-order valence-corrected chi connectivity index (χ2v) is 5.66. The molecule has 0 aromatic heterocycles. The van der Waals surface area contributed by atoms with Crippen LogP contribution in [0.5, 0.6) is 0 Å². The highest BCUT2D eigenvalue weighted by atomic mass is 35.5. The zero-order valence-corrected chi connectivity index (χ0v) is 11.5. The van der Waals surface area contributed by atoms with Crippen molar-refractivity contribution in [2.45, 2.75) is 19.4 Å². The summed E-state index contributed by atoms with van der Waals surface area (Å²) >= 11 is 11.7. The first-order chi connectivity index (χ1) is 8.47. The average Bonchev–Trinajstić information content (AvgIpc) is 3.01. The highest BCUT2D eigenvalue weighted by Crippen LogP contribution is 2.37. The molecule has 1 aromatic rings. The third-order valence-corrected chi connectivity index (χ3v) is 3.62. The number of hydrogen-bond donors (Lipinski definition) is 2. The summed E-state index contributed by atoms with van der Waals surface area (Å²) < 4.78 is 0. The predicted molar refractivity (Wildman–Crippen MR) is 71.7 cm³/mol. The minimum atomic E-state index is -0.792. The summed E-state index contributed by atoms with van der Waals surface area (Å²) in [7, 11) is 0. The Kier molecular flexibility index (Phi) is 4.15. The predicted octanol–water partition coefficient (Wildman–Crippen LogP) is 2.80. The van der Waals surface area contributed by atoms with E-state index in [-0.39, 0.29) is 18.4 Å². The molecule has 1 aromatic carbocycles. The highest BCUT2D eigenvalue weighted by molar-refractivity contribution is 6.34. The summed E-state index contributed by atoms with van der Waals surface area (Å²) in [6.45, 7) is 2.22. The number of carbonyl (C=O) groups is 1. The maximum Gasteiger partial charge on any atom is 0.223 e. The molecule has 0 spiro atoms. The maximum atomic E-state index is 11.6. The van der Waals surface area contributed by atoms with E-state index in [4.69, 9.17) is 23.2 Å². The zero-order chi connectivity index (χ0) is 13.3. The van der Waals surface area contributed by atoms with Gasteiger partial charge in [0, 0.05) is 22.5 Å². The van der Waals surface area contributed by atoms with Crippen LogP contribution in [0.3, 0.4) is 0 Å². The van der Waals surface area contributed by atoms with E-state index in [0.29, 0.717) is 21.5 Å². The lowest BCUT2D eigenvalue weighted by molar-refractivity contribution is -0.123. The quantitative estimate of drug-likeness (QED) is 0.895. The van der Waals surface area contributed by atoms with Crippen molar-refractivity contribution < 1.29 is 9.90 Å². The van der Waals surface area contributed by atoms with E-state index in [1.165, 1.54) is 0 Å². The number of hydrogen-bond acceptors (Lipinski definition) is 2. The van der Waals surface area contributed by atoms with E-state index >= 15 is 0 Å². The Balaban J connectivity index is 1.91. The smallest absolute Gasteiger partial charge is 0.223 e. The lowest BCUT2D eigenvalue weighted by atomic mass is 10.1. The first-order valence-corrected chi connectivity index (χ1v) is 6.64. The molecule has 0 saturated heterocycles. The van der Waals surface area contributed by atoms with Crippen molar-refractivity contribution in [3.05, 3.63) is 33.8 Å². The number of nitrogens with one attached hydrogen (secondary N) is 1. The van der Waals surface area contributed by atoms with Gasteiger partial charge in [-0.2, -0.15) is 0 Å². The van der Waals surface area contributed by atoms with E-state index in [0.717, 1.165) is 6.42 Å². The van der Waals surface area contributed by atoms with Crippen molar-refractivity contribution >= 4 is 29.1 Å². The van der Waals surface area contributed by atoms with E-state index in [2.05, 4.69) is 5.32 Å². The monoisotopic (exact) mass is 287 g/mol. The third kappa shape index (κ3) is 3.37. The third-order valence-electron chi connectivity index (χ3n) is 3.19. The molecule has 3 atom stereocenters. The van der Waals surface area contributed by atoms with Gasteiger partial charge in [-0.1, -0.05) is 30.1 Å². The van der Waals surface area contributed by atoms with Crippen molar-refractivity contribution in [1.82, 2.24) is 5.32 Å². The SMILES string of the molecule is C[C@@H]1C[C@@H]1C(=O)NC[C@H](O)c1cc(Cl)cc(Cl)c1. The van der Waals surface area contributed by atoms with Gasteiger partial charge in [0.25, 0.3) is 0 Å². The molecule has 0 bridgehead atoms. The molecule has 18 heavy (non-hydrogen) atoms. The molecule has 3 nitrogen and oxygen atoms in total. The van der Waals surface area contributed by atoms with Gasteiger partial charge >= 0.3 is 0 Å². The summed E-state index contributed by atoms with van der Waals surface area (Å²) in [5.74, 6) is 0.581. The van der Waals surface area contributed by atoms with Crippen LogP contribution in [0.2, 0.25) is 10.0 Å². The number of benzene rings is 1. The van der Waals surface area contributed by atoms with Crippen molar-refractivity contribution in [3.8, 4) is 0 Å². The van der Waals surface area contributed by atoms with Gasteiger partial charge in [-0.3, -0.25) is 4.79 Å². The van der Waals surface area contributed by atoms with Crippen LogP contribution < -0.4 is 5.32 Å². The van der Waals surface area contributed by atoms with E-state index < -0.39 is 6.10 Å². The van der Waals surface area contributed by atoms with Crippen molar-refractivity contribution in [2.75, 3.05) is 6.54 Å². The molecule has 2 rings (SSSR count). The molecule has 0 heterocycles. The number of halogens is 2. The van der Waals surface area contributed by atoms with Gasteiger partial charge in [-0.05, 0) is 36.1 Å². The minimum absolute atomic E-state index is 0.00896. The van der Waals surface area contributed by atoms with Crippen molar-refractivity contribution in [2.24, 2.45) is 11.8 Å². The summed E-state index contributed by atoms with van der Waals surface area (Å²) in [4.78, 5) is 11.6. The van der Waals surface area contributed by atoms with Crippen LogP contribution in [-0.4, -0.2) is 17.6 Å². The molecule has 1 amide bonds. The molecule has 0 unspecified atom stereocenters. The van der Waals surface area contributed by atoms with Crippen LogP contribution in [0.15, 0.2) is 18.2 Å². The van der Waals surface area contributed by atoms with Gasteiger partial charge in [0.2, 0.25) is 5.91 Å². The normalized spacial score (nSPS) is 23.6. The first-order valence-electron chi connectivity index (χ1n) is 5.89. The topological polar surface area (TPSA) is 49.3 Å². The van der Waals surface area contributed by atoms with Gasteiger partial charge in [0.1, 0.15) is 0 Å². The average molecular weight is 288 g/mol. The minimum Gasteiger partial charge on any atom is -0.387 e. The van der Waals surface area contributed by atoms with Gasteiger partial charge in [-0.25, -0.2) is 0 Å². The fourth-order valence-electron chi connectivity index (χ4n) is 1.90. The van der Waals surface area contributed by atoms with E-state index in [1.54, 1.807) is 18.2 Å². The molecule has 1 fully saturated rings. The first kappa shape index (κ1) is 13.7. The molecule has 0 aliphatic heterocycles. The van der Waals surface area contributed by atoms with Crippen LogP contribution in [-0.2, 0) is 4.79 Å². The molecule has 1 aliphatic rings. The van der Waals surface area contributed by atoms with E-state index in [9.17, 15) is 9.90 Å². The Morgan fingerprint density at radius 2 is 2.00 bits per heavy atom. The number of aliphatic hydroxyl groups excluding tert-OH is 1. The van der Waals surface area contributed by atoms with E-state index in [1.807, 2.05) is 6.92 Å². The Labute approximate surface area is 116 Å². The largest absolute Gasteiger partial charge is 0.387 e. The van der Waals surface area contributed by atoms with Gasteiger partial charge in [0.05, 0.1) is 6.10 Å². The molecule has 2 N–H and O–H groups in total. The highest BCUT2D eigenvalue weighted by Gasteiger charge is 2.38. The second-order valence-electron chi connectivity index (χ2n) is 4.78. The molecule has 98 valence electrons. The molecule has 5 heteroatoms. The Morgan fingerprint density at radius 3 is 2.50 bits per heavy atom. The lowest BCUT2D eigenvalue weighted by Gasteiger charge is -2.13. The fourth-order valence-corrected chi connectivity index (χ4v) is 2.44. The summed E-state index contributed by atoms with van der Waals surface area (Å²) in [5, 5.41) is 13.6. The Bertz CT molecular complexity index is 444. The van der Waals surface area contributed by atoms with Crippen molar-refractivity contribution in [1.29, 1.82) is 0 Å². The fraction of sp³-hybridized carbons (Fsp3) is 0.462. The second kappa shape index (κ2) is 5.47. The number of carbonyl (C=O) groups excluding carboxylic acids is 1. The Hall–Kier alpha value is -0.770. The molecular formula is C13H15Cl2NO2. The lowest BCUT2D eigenvalue weighted by Crippen LogP contribution is -2.30. The number of amides is 1. The Morgan fingerprint density at radius 1 is 1.44 bits per heavy atom. The summed E-state index contributed by atoms with van der Waals surface area (Å²) in [5.41, 5.74) is 0.608. The van der Waals surface area contributed by atoms with Crippen LogP contribution in [0.4, 0.5) is 0 Å². The standard InChI is InChI=1S/C13H15Cl2NO2/c1-7-2-11(7)13(18)16-6-12(17)8-3-9(14)5-10(15)4-8/h3-5,7,11-12,17H,2,6H2,1H3,(H,16,18)/t7-,11+,12+/m1/s1. The van der Waals surface area contributed by atoms with Crippen LogP contribution in [0.1, 0.15) is 25.0 Å². The van der Waals surface area contributed by atoms with Crippen LogP contribution in [0, 0.1) is 11.8 Å². The zero-order valence-electron chi connectivity index (χ0n) is 9.99. The number of aliphatic hydroxyl groups is 1. The maximum absolute atomic E-state index is 11.6. The molecule has 1 aliphatic carbocycles. The van der Waals surface area contributed by atoms with Gasteiger partial charge in [-0.15, -0.1) is 0 Å². The summed E-state index contributed by atoms with van der Waals surface area (Å²) in [6, 6.07) is 4.89. The number of rotatable bonds is 4. The van der Waals surface area contributed by atoms with Crippen molar-refractivity contribution in [3.63, 3.8) is 0 Å². The molecule has 1 saturated carbocycles. The summed E-state index contributed by atoms with van der Waals surface area (Å²) in [6.07, 6.45) is 0.143. The van der Waals surface area contributed by atoms with Crippen LogP contribution in [0.25, 0.3) is 0 Å². The van der Waals surface area contributed by atoms with Crippen LogP contribution >= 0.6 is 23.2 Å². The molecular weight excluding hydrogens is 273 g/mol. The van der Waals surface area contributed by atoms with Gasteiger partial charge in [0.15, 0.2) is 0 Å².